The Morgan fingerprint density at radius 2 is 2.18 bits per heavy atom. The van der Waals surface area contributed by atoms with Crippen LogP contribution in [0.5, 0.6) is 0 Å². The van der Waals surface area contributed by atoms with Gasteiger partial charge in [-0.05, 0) is 35.2 Å². The Labute approximate surface area is 138 Å². The van der Waals surface area contributed by atoms with Gasteiger partial charge in [-0.15, -0.1) is 0 Å². The van der Waals surface area contributed by atoms with Crippen LogP contribution in [0.2, 0.25) is 0 Å². The van der Waals surface area contributed by atoms with Crippen LogP contribution in [0.25, 0.3) is 0 Å². The van der Waals surface area contributed by atoms with Crippen LogP contribution in [0, 0.1) is 0 Å². The molecule has 1 aromatic rings. The van der Waals surface area contributed by atoms with E-state index in [1.165, 1.54) is 6.42 Å². The van der Waals surface area contributed by atoms with Crippen LogP contribution in [-0.4, -0.2) is 34.2 Å². The van der Waals surface area contributed by atoms with Crippen LogP contribution < -0.4 is 5.73 Å². The van der Waals surface area contributed by atoms with Gasteiger partial charge in [-0.2, -0.15) is 5.10 Å². The highest BCUT2D eigenvalue weighted by molar-refractivity contribution is 9.18. The molecular weight excluding hydrogens is 348 g/mol. The smallest absolute Gasteiger partial charge is 0.150 e. The number of aromatic nitrogens is 2. The van der Waals surface area contributed by atoms with E-state index >= 15 is 0 Å². The van der Waals surface area contributed by atoms with E-state index in [1.807, 2.05) is 10.9 Å². The summed E-state index contributed by atoms with van der Waals surface area (Å²) in [5.41, 5.74) is 8.77. The largest absolute Gasteiger partial charge is 0.402 e. The topological polar surface area (TPSA) is 74.7 Å². The van der Waals surface area contributed by atoms with Gasteiger partial charge >= 0.3 is 0 Å². The molecule has 0 aliphatic carbocycles. The van der Waals surface area contributed by atoms with Gasteiger partial charge in [0.25, 0.3) is 0 Å². The minimum Gasteiger partial charge on any atom is -0.402 e. The molecule has 1 unspecified atom stereocenters. The predicted molar refractivity (Wildman–Crippen MR) is 88.4 cm³/mol. The van der Waals surface area contributed by atoms with E-state index < -0.39 is 0 Å². The maximum Gasteiger partial charge on any atom is 0.150 e. The molecule has 22 heavy (non-hydrogen) atoms. The van der Waals surface area contributed by atoms with Crippen molar-refractivity contribution < 1.29 is 9.47 Å². The lowest BCUT2D eigenvalue weighted by molar-refractivity contribution is -0.0394. The average molecular weight is 369 g/mol. The van der Waals surface area contributed by atoms with Gasteiger partial charge in [0.2, 0.25) is 0 Å². The third-order valence-corrected chi connectivity index (χ3v) is 4.57. The lowest BCUT2D eigenvalue weighted by atomic mass is 10.1. The second kappa shape index (κ2) is 7.39. The zero-order valence-electron chi connectivity index (χ0n) is 12.5. The van der Waals surface area contributed by atoms with Crippen molar-refractivity contribution >= 4 is 26.2 Å². The molecule has 0 spiro atoms. The number of nitrogens with zero attached hydrogens (tertiary/aromatic N) is 3. The van der Waals surface area contributed by atoms with Crippen molar-refractivity contribution in [1.29, 1.82) is 0 Å². The molecule has 0 saturated carbocycles. The van der Waals surface area contributed by atoms with Crippen molar-refractivity contribution in [3.63, 3.8) is 0 Å². The second-order valence-corrected chi connectivity index (χ2v) is 6.27. The Morgan fingerprint density at radius 1 is 1.32 bits per heavy atom. The van der Waals surface area contributed by atoms with E-state index in [9.17, 15) is 0 Å². The molecule has 1 fully saturated rings. The number of ether oxygens (including phenoxy) is 2. The molecule has 1 saturated heterocycles. The maximum atomic E-state index is 6.10. The fourth-order valence-electron chi connectivity index (χ4n) is 2.66. The van der Waals surface area contributed by atoms with Crippen molar-refractivity contribution in [2.45, 2.75) is 38.3 Å². The van der Waals surface area contributed by atoms with E-state index in [0.717, 1.165) is 53.9 Å². The highest BCUT2D eigenvalue weighted by atomic mass is 79.9. The molecule has 2 aliphatic rings. The monoisotopic (exact) mass is 368 g/mol. The van der Waals surface area contributed by atoms with Gasteiger partial charge in [-0.1, -0.05) is 0 Å². The van der Waals surface area contributed by atoms with Crippen LogP contribution >= 0.6 is 15.9 Å². The Kier molecular flexibility index (Phi) is 5.28. The fraction of sp³-hybridized carbons (Fsp3) is 0.600. The minimum atomic E-state index is 0.0343. The first-order chi connectivity index (χ1) is 10.7. The molecule has 3 heterocycles. The van der Waals surface area contributed by atoms with Crippen molar-refractivity contribution in [2.75, 3.05) is 19.8 Å². The van der Waals surface area contributed by atoms with Crippen molar-refractivity contribution in [3.05, 3.63) is 23.7 Å². The second-order valence-electron chi connectivity index (χ2n) is 5.52. The molecule has 0 radical (unpaired) electrons. The fourth-order valence-corrected chi connectivity index (χ4v) is 3.32. The van der Waals surface area contributed by atoms with E-state index in [2.05, 4.69) is 26.0 Å². The van der Waals surface area contributed by atoms with Gasteiger partial charge in [-0.25, -0.2) is 9.67 Å². The molecule has 7 heteroatoms. The number of halogens is 1. The predicted octanol–water partition coefficient (Wildman–Crippen LogP) is 3.03. The summed E-state index contributed by atoms with van der Waals surface area (Å²) in [6.07, 6.45) is 8.53. The van der Waals surface area contributed by atoms with Crippen LogP contribution in [-0.2, 0) is 9.47 Å². The molecule has 1 aromatic heterocycles. The summed E-state index contributed by atoms with van der Waals surface area (Å²) < 4.78 is 13.8. The van der Waals surface area contributed by atoms with Crippen LogP contribution in [0.15, 0.2) is 28.7 Å². The third kappa shape index (κ3) is 3.77. The summed E-state index contributed by atoms with van der Waals surface area (Å²) in [7, 11) is 0. The lowest BCUT2D eigenvalue weighted by Crippen LogP contribution is -2.18. The molecule has 6 nitrogen and oxygen atoms in total. The van der Waals surface area contributed by atoms with E-state index in [0.29, 0.717) is 13.2 Å². The summed E-state index contributed by atoms with van der Waals surface area (Å²) in [5.74, 6) is 0. The number of hydrogen-bond donors (Lipinski definition) is 1. The molecule has 3 rings (SSSR count). The Bertz CT molecular complexity index is 576. The molecule has 1 atom stereocenters. The number of hydrogen-bond acceptors (Lipinski definition) is 5. The molecule has 0 bridgehead atoms. The van der Waals surface area contributed by atoms with Crippen molar-refractivity contribution in [1.82, 2.24) is 9.78 Å². The van der Waals surface area contributed by atoms with Gasteiger partial charge in [-0.3, -0.25) is 0 Å². The molecular formula is C15H21BrN4O2. The zero-order chi connectivity index (χ0) is 15.4. The lowest BCUT2D eigenvalue weighted by Gasteiger charge is -2.22. The maximum absolute atomic E-state index is 6.10. The van der Waals surface area contributed by atoms with Crippen LogP contribution in [0.1, 0.15) is 38.3 Å². The van der Waals surface area contributed by atoms with Crippen molar-refractivity contribution in [2.24, 2.45) is 10.7 Å². The minimum absolute atomic E-state index is 0.0343. The Morgan fingerprint density at radius 3 is 3.00 bits per heavy atom. The normalized spacial score (nSPS) is 24.4. The number of rotatable bonds is 3. The first-order valence-electron chi connectivity index (χ1n) is 7.69. The van der Waals surface area contributed by atoms with E-state index in [1.54, 1.807) is 6.20 Å². The summed E-state index contributed by atoms with van der Waals surface area (Å²) >= 11 is 3.54. The van der Waals surface area contributed by atoms with Crippen LogP contribution in [0.3, 0.4) is 0 Å². The Hall–Kier alpha value is -1.18. The number of aliphatic imine (C=N–C) groups is 1. The summed E-state index contributed by atoms with van der Waals surface area (Å²) in [6, 6.07) is 0. The molecule has 120 valence electrons. The molecule has 2 N–H and O–H groups in total. The molecule has 0 aromatic carbocycles. The SMILES string of the molecule is NC1=C(C(Br)=Nc2cnn(C3CCCCO3)c2)CCOCC1. The van der Waals surface area contributed by atoms with E-state index in [4.69, 9.17) is 15.2 Å². The van der Waals surface area contributed by atoms with Gasteiger partial charge in [0.05, 0.1) is 25.6 Å². The van der Waals surface area contributed by atoms with Gasteiger partial charge < -0.3 is 15.2 Å². The van der Waals surface area contributed by atoms with Gasteiger partial charge in [0, 0.05) is 30.7 Å². The van der Waals surface area contributed by atoms with Gasteiger partial charge in [0.1, 0.15) is 16.5 Å². The summed E-state index contributed by atoms with van der Waals surface area (Å²) in [6.45, 7) is 2.15. The highest BCUT2D eigenvalue weighted by Crippen LogP contribution is 2.25. The summed E-state index contributed by atoms with van der Waals surface area (Å²) in [5, 5.41) is 4.37. The average Bonchev–Trinajstić information content (AvgIpc) is 2.89. The van der Waals surface area contributed by atoms with Crippen LogP contribution in [0.4, 0.5) is 5.69 Å². The van der Waals surface area contributed by atoms with Crippen molar-refractivity contribution in [3.8, 4) is 0 Å². The number of nitrogens with two attached hydrogens (primary N) is 1. The standard InChI is InChI=1S/C15H21BrN4O2/c16-15(12-4-7-21-8-5-13(12)17)19-11-9-18-20(10-11)14-3-1-2-6-22-14/h9-10,14H,1-8,17H2. The highest BCUT2D eigenvalue weighted by Gasteiger charge is 2.17. The third-order valence-electron chi connectivity index (χ3n) is 3.91. The Balaban J connectivity index is 1.75. The van der Waals surface area contributed by atoms with E-state index in [-0.39, 0.29) is 6.23 Å². The first-order valence-corrected chi connectivity index (χ1v) is 8.49. The quantitative estimate of drug-likeness (QED) is 0.832. The molecule has 2 aliphatic heterocycles. The van der Waals surface area contributed by atoms with Gasteiger partial charge in [0.15, 0.2) is 0 Å². The first kappa shape index (κ1) is 15.7. The molecule has 0 amide bonds. The zero-order valence-corrected chi connectivity index (χ0v) is 14.1. The summed E-state index contributed by atoms with van der Waals surface area (Å²) in [4.78, 5) is 4.59.